The van der Waals surface area contributed by atoms with E-state index < -0.39 is 11.4 Å². The Kier molecular flexibility index (Phi) is 4.13. The molecule has 0 unspecified atom stereocenters. The predicted octanol–water partition coefficient (Wildman–Crippen LogP) is 2.29. The Balaban J connectivity index is 2.04. The lowest BCUT2D eigenvalue weighted by Crippen LogP contribution is -2.39. The van der Waals surface area contributed by atoms with Crippen LogP contribution in [0.1, 0.15) is 29.3 Å². The Labute approximate surface area is 126 Å². The highest BCUT2D eigenvalue weighted by Crippen LogP contribution is 2.22. The van der Waals surface area contributed by atoms with Gasteiger partial charge in [-0.1, -0.05) is 0 Å². The number of carboxylic acid groups (broad SMARTS) is 1. The van der Waals surface area contributed by atoms with Crippen molar-refractivity contribution in [3.63, 3.8) is 0 Å². The lowest BCUT2D eigenvalue weighted by Gasteiger charge is -2.19. The largest absolute Gasteiger partial charge is 0.481 e. The van der Waals surface area contributed by atoms with Gasteiger partial charge in [0.25, 0.3) is 5.91 Å². The van der Waals surface area contributed by atoms with Gasteiger partial charge in [-0.25, -0.2) is 4.98 Å². The molecule has 6 nitrogen and oxygen atoms in total. The number of hydrogen-bond acceptors (Lipinski definition) is 4. The van der Waals surface area contributed by atoms with Crippen molar-refractivity contribution in [1.82, 2.24) is 15.3 Å². The maximum Gasteiger partial charge on any atom is 0.310 e. The summed E-state index contributed by atoms with van der Waals surface area (Å²) in [5.74, 6) is -1.28. The topological polar surface area (TPSA) is 95.1 Å². The molecule has 2 aromatic heterocycles. The Morgan fingerprint density at radius 2 is 2.19 bits per heavy atom. The molecule has 1 amide bonds. The number of carboxylic acids is 1. The van der Waals surface area contributed by atoms with Crippen LogP contribution in [0.5, 0.6) is 0 Å². The van der Waals surface area contributed by atoms with Crippen LogP contribution in [0.3, 0.4) is 0 Å². The van der Waals surface area contributed by atoms with E-state index in [9.17, 15) is 9.59 Å². The number of rotatable bonds is 5. The molecule has 3 N–H and O–H groups in total. The van der Waals surface area contributed by atoms with E-state index in [1.807, 2.05) is 12.3 Å². The highest BCUT2D eigenvalue weighted by atomic mass is 32.1. The van der Waals surface area contributed by atoms with E-state index in [0.29, 0.717) is 5.69 Å². The second-order valence-electron chi connectivity index (χ2n) is 5.43. The SMILES string of the molecule is Cc1nc(-c2c[nH]c(C(=O)NCC(C)(C)C(=O)O)c2)cs1. The van der Waals surface area contributed by atoms with Crippen molar-refractivity contribution in [3.8, 4) is 11.3 Å². The van der Waals surface area contributed by atoms with Crippen molar-refractivity contribution in [3.05, 3.63) is 28.3 Å². The number of aromatic amines is 1. The normalized spacial score (nSPS) is 11.4. The van der Waals surface area contributed by atoms with E-state index in [-0.39, 0.29) is 12.5 Å². The van der Waals surface area contributed by atoms with Gasteiger partial charge in [0.05, 0.1) is 16.1 Å². The van der Waals surface area contributed by atoms with Gasteiger partial charge in [0.1, 0.15) is 5.69 Å². The van der Waals surface area contributed by atoms with Gasteiger partial charge >= 0.3 is 5.97 Å². The van der Waals surface area contributed by atoms with Crippen LogP contribution in [0.25, 0.3) is 11.3 Å². The minimum Gasteiger partial charge on any atom is -0.481 e. The third kappa shape index (κ3) is 3.49. The van der Waals surface area contributed by atoms with Crippen LogP contribution in [0.2, 0.25) is 0 Å². The van der Waals surface area contributed by atoms with Crippen LogP contribution in [0.15, 0.2) is 17.6 Å². The molecule has 0 fully saturated rings. The van der Waals surface area contributed by atoms with Crippen LogP contribution in [0, 0.1) is 12.3 Å². The van der Waals surface area contributed by atoms with Crippen LogP contribution >= 0.6 is 11.3 Å². The zero-order valence-electron chi connectivity index (χ0n) is 12.1. The molecule has 0 spiro atoms. The van der Waals surface area contributed by atoms with Gasteiger partial charge in [0, 0.05) is 23.7 Å². The van der Waals surface area contributed by atoms with Crippen LogP contribution in [-0.2, 0) is 4.79 Å². The summed E-state index contributed by atoms with van der Waals surface area (Å²) in [6.45, 7) is 5.11. The number of aromatic nitrogens is 2. The number of carbonyl (C=O) groups excluding carboxylic acids is 1. The molecule has 0 bridgehead atoms. The molecule has 112 valence electrons. The molecule has 2 rings (SSSR count). The third-order valence-corrected chi connectivity index (χ3v) is 3.89. The number of nitrogens with zero attached hydrogens (tertiary/aromatic N) is 1. The number of amides is 1. The maximum absolute atomic E-state index is 12.0. The molecule has 0 saturated heterocycles. The first-order valence-corrected chi connectivity index (χ1v) is 7.30. The van der Waals surface area contributed by atoms with E-state index in [2.05, 4.69) is 15.3 Å². The van der Waals surface area contributed by atoms with Gasteiger partial charge in [-0.05, 0) is 26.8 Å². The van der Waals surface area contributed by atoms with Crippen LogP contribution in [-0.4, -0.2) is 33.5 Å². The summed E-state index contributed by atoms with van der Waals surface area (Å²) in [7, 11) is 0. The van der Waals surface area contributed by atoms with Gasteiger partial charge < -0.3 is 15.4 Å². The van der Waals surface area contributed by atoms with E-state index in [4.69, 9.17) is 5.11 Å². The number of thiazole rings is 1. The Morgan fingerprint density at radius 3 is 2.76 bits per heavy atom. The fourth-order valence-corrected chi connectivity index (χ4v) is 2.26. The van der Waals surface area contributed by atoms with E-state index >= 15 is 0 Å². The molecule has 2 heterocycles. The Morgan fingerprint density at radius 1 is 1.48 bits per heavy atom. The van der Waals surface area contributed by atoms with Gasteiger partial charge in [0.2, 0.25) is 0 Å². The highest BCUT2D eigenvalue weighted by Gasteiger charge is 2.27. The molecule has 0 radical (unpaired) electrons. The first-order valence-electron chi connectivity index (χ1n) is 6.42. The molecule has 21 heavy (non-hydrogen) atoms. The van der Waals surface area contributed by atoms with Crippen molar-refractivity contribution >= 4 is 23.2 Å². The molecule has 0 aliphatic carbocycles. The number of aryl methyl sites for hydroxylation is 1. The van der Waals surface area contributed by atoms with E-state index in [1.165, 1.54) is 0 Å². The highest BCUT2D eigenvalue weighted by molar-refractivity contribution is 7.09. The second-order valence-corrected chi connectivity index (χ2v) is 6.49. The summed E-state index contributed by atoms with van der Waals surface area (Å²) in [5, 5.41) is 14.5. The quantitative estimate of drug-likeness (QED) is 0.789. The molecule has 7 heteroatoms. The summed E-state index contributed by atoms with van der Waals surface area (Å²) in [6, 6.07) is 1.71. The van der Waals surface area contributed by atoms with Gasteiger partial charge in [-0.2, -0.15) is 0 Å². The molecule has 0 saturated carbocycles. The van der Waals surface area contributed by atoms with Gasteiger partial charge in [-0.3, -0.25) is 9.59 Å². The summed E-state index contributed by atoms with van der Waals surface area (Å²) in [5.41, 5.74) is 1.04. The summed E-state index contributed by atoms with van der Waals surface area (Å²) in [6.07, 6.45) is 1.71. The zero-order valence-corrected chi connectivity index (χ0v) is 12.9. The molecule has 2 aromatic rings. The summed E-state index contributed by atoms with van der Waals surface area (Å²) >= 11 is 1.54. The second kappa shape index (κ2) is 5.69. The molecule has 0 atom stereocenters. The first kappa shape index (κ1) is 15.2. The maximum atomic E-state index is 12.0. The van der Waals surface area contributed by atoms with Crippen molar-refractivity contribution in [2.75, 3.05) is 6.54 Å². The minimum absolute atomic E-state index is 0.0608. The summed E-state index contributed by atoms with van der Waals surface area (Å²) in [4.78, 5) is 30.2. The lowest BCUT2D eigenvalue weighted by molar-refractivity contribution is -0.146. The fraction of sp³-hybridized carbons (Fsp3) is 0.357. The molecule has 0 aliphatic heterocycles. The van der Waals surface area contributed by atoms with Crippen LogP contribution < -0.4 is 5.32 Å². The molecule has 0 aromatic carbocycles. The predicted molar refractivity (Wildman–Crippen MR) is 80.4 cm³/mol. The zero-order chi connectivity index (χ0) is 15.6. The number of nitrogens with one attached hydrogen (secondary N) is 2. The average Bonchev–Trinajstić information content (AvgIpc) is 3.04. The van der Waals surface area contributed by atoms with Gasteiger partial charge in [0.15, 0.2) is 0 Å². The Hall–Kier alpha value is -2.15. The first-order chi connectivity index (χ1) is 9.79. The van der Waals surface area contributed by atoms with Crippen molar-refractivity contribution in [1.29, 1.82) is 0 Å². The fourth-order valence-electron chi connectivity index (χ4n) is 1.64. The number of aliphatic carboxylic acids is 1. The van der Waals surface area contributed by atoms with Crippen molar-refractivity contribution in [2.24, 2.45) is 5.41 Å². The Bertz CT molecular complexity index is 673. The molecule has 0 aliphatic rings. The molecular formula is C14H17N3O3S. The van der Waals surface area contributed by atoms with Crippen molar-refractivity contribution < 1.29 is 14.7 Å². The number of H-pyrrole nitrogens is 1. The molecular weight excluding hydrogens is 290 g/mol. The summed E-state index contributed by atoms with van der Waals surface area (Å²) < 4.78 is 0. The lowest BCUT2D eigenvalue weighted by atomic mass is 9.94. The van der Waals surface area contributed by atoms with Gasteiger partial charge in [-0.15, -0.1) is 11.3 Å². The van der Waals surface area contributed by atoms with Crippen LogP contribution in [0.4, 0.5) is 0 Å². The standard InChI is InChI=1S/C14H17N3O3S/c1-8-17-11(6-21-8)9-4-10(15-5-9)12(18)16-7-14(2,3)13(19)20/h4-6,15H,7H2,1-3H3,(H,16,18)(H,19,20). The van der Waals surface area contributed by atoms with E-state index in [1.54, 1.807) is 37.4 Å². The smallest absolute Gasteiger partial charge is 0.310 e. The number of carbonyl (C=O) groups is 2. The average molecular weight is 307 g/mol. The number of hydrogen-bond donors (Lipinski definition) is 3. The van der Waals surface area contributed by atoms with Crippen molar-refractivity contribution in [2.45, 2.75) is 20.8 Å². The van der Waals surface area contributed by atoms with E-state index in [0.717, 1.165) is 16.3 Å². The monoisotopic (exact) mass is 307 g/mol. The minimum atomic E-state index is -1.00. The third-order valence-electron chi connectivity index (χ3n) is 3.11.